The lowest BCUT2D eigenvalue weighted by molar-refractivity contribution is -0.792. The number of hydrogen-bond donors (Lipinski definition) is 1. The number of carbonyl (C=O) groups is 4. The monoisotopic (exact) mass is 384 g/mol. The number of carboxylic acid groups (broad SMARTS) is 1. The molecule has 0 spiro atoms. The van der Waals surface area contributed by atoms with Crippen molar-refractivity contribution in [3.63, 3.8) is 0 Å². The Morgan fingerprint density at radius 3 is 2.56 bits per heavy atom. The largest absolute Gasteiger partial charge is 0.521 e. The zero-order valence-corrected chi connectivity index (χ0v) is 15.9. The standard InChI is InChI=1S/C17H21NO5S2/c1-11-5-3-7-18(11,17(22)23)16(21)10-13(25-12(2)19)9-14(20)15-6-4-8-24-15/h4,6,8,11,13H,3,5,7,9-10H2,1-2H3/p+1/t11-,13?,18?/m1/s1. The van der Waals surface area contributed by atoms with Crippen molar-refractivity contribution in [3.8, 4) is 0 Å². The fraction of sp³-hybridized carbons (Fsp3) is 0.529. The van der Waals surface area contributed by atoms with E-state index in [1.807, 2.05) is 0 Å². The minimum Gasteiger partial charge on any atom is -0.435 e. The molecule has 1 aromatic heterocycles. The fourth-order valence-corrected chi connectivity index (χ4v) is 4.94. The third-order valence-corrected chi connectivity index (χ3v) is 6.53. The molecule has 2 amide bonds. The first-order valence-corrected chi connectivity index (χ1v) is 9.92. The third-order valence-electron chi connectivity index (χ3n) is 4.62. The first kappa shape index (κ1) is 19.8. The number of amides is 2. The number of quaternary nitrogens is 1. The van der Waals surface area contributed by atoms with Crippen LogP contribution in [0.15, 0.2) is 17.5 Å². The van der Waals surface area contributed by atoms with E-state index in [0.29, 0.717) is 17.7 Å². The van der Waals surface area contributed by atoms with E-state index in [2.05, 4.69) is 0 Å². The summed E-state index contributed by atoms with van der Waals surface area (Å²) in [6.45, 7) is 3.42. The van der Waals surface area contributed by atoms with Crippen LogP contribution in [0.5, 0.6) is 0 Å². The first-order valence-electron chi connectivity index (χ1n) is 8.16. The number of likely N-dealkylation sites (tertiary alicyclic amines) is 1. The van der Waals surface area contributed by atoms with Gasteiger partial charge in [0, 0.05) is 31.4 Å². The van der Waals surface area contributed by atoms with Gasteiger partial charge in [-0.25, -0.2) is 4.79 Å². The second-order valence-electron chi connectivity index (χ2n) is 6.30. The molecule has 8 heteroatoms. The van der Waals surface area contributed by atoms with Crippen molar-refractivity contribution in [2.24, 2.45) is 0 Å². The molecule has 1 saturated heterocycles. The van der Waals surface area contributed by atoms with Gasteiger partial charge in [-0.15, -0.1) is 11.3 Å². The predicted molar refractivity (Wildman–Crippen MR) is 96.8 cm³/mol. The van der Waals surface area contributed by atoms with Crippen LogP contribution < -0.4 is 0 Å². The summed E-state index contributed by atoms with van der Waals surface area (Å²) in [4.78, 5) is 49.1. The van der Waals surface area contributed by atoms with Gasteiger partial charge in [0.2, 0.25) is 0 Å². The van der Waals surface area contributed by atoms with Gasteiger partial charge in [-0.05, 0) is 18.4 Å². The summed E-state index contributed by atoms with van der Waals surface area (Å²) in [6, 6.07) is 3.19. The number of ketones is 1. The molecule has 0 aliphatic carbocycles. The Labute approximate surface area is 154 Å². The maximum atomic E-state index is 12.8. The molecule has 25 heavy (non-hydrogen) atoms. The van der Waals surface area contributed by atoms with Gasteiger partial charge in [0.1, 0.15) is 6.04 Å². The third kappa shape index (κ3) is 4.37. The molecule has 0 bridgehead atoms. The van der Waals surface area contributed by atoms with E-state index in [4.69, 9.17) is 0 Å². The number of Topliss-reactive ketones (excluding diaryl/α,β-unsaturated/α-hetero) is 1. The summed E-state index contributed by atoms with van der Waals surface area (Å²) in [6.07, 6.45) is 0.156. The fourth-order valence-electron chi connectivity index (χ4n) is 3.33. The van der Waals surface area contributed by atoms with E-state index in [9.17, 15) is 24.3 Å². The number of thiophene rings is 1. The molecule has 1 aromatic rings. The zero-order valence-electron chi connectivity index (χ0n) is 14.3. The van der Waals surface area contributed by atoms with Gasteiger partial charge in [-0.3, -0.25) is 9.59 Å². The average molecular weight is 384 g/mol. The number of nitrogens with zero attached hydrogens (tertiary/aromatic N) is 1. The topological polar surface area (TPSA) is 88.5 Å². The number of thioether (sulfide) groups is 1. The summed E-state index contributed by atoms with van der Waals surface area (Å²) in [5, 5.41) is 10.7. The lowest BCUT2D eigenvalue weighted by Gasteiger charge is -2.30. The van der Waals surface area contributed by atoms with Crippen molar-refractivity contribution in [1.82, 2.24) is 0 Å². The molecule has 1 N–H and O–H groups in total. The van der Waals surface area contributed by atoms with Crippen LogP contribution in [0.1, 0.15) is 49.2 Å². The quantitative estimate of drug-likeness (QED) is 0.596. The van der Waals surface area contributed by atoms with E-state index < -0.39 is 21.7 Å². The van der Waals surface area contributed by atoms with Crippen LogP contribution in [0, 0.1) is 0 Å². The second-order valence-corrected chi connectivity index (χ2v) is 8.73. The van der Waals surface area contributed by atoms with Gasteiger partial charge in [0.25, 0.3) is 0 Å². The molecule has 2 rings (SSSR count). The first-order chi connectivity index (χ1) is 11.8. The van der Waals surface area contributed by atoms with Crippen LogP contribution in [-0.4, -0.2) is 50.3 Å². The van der Waals surface area contributed by atoms with E-state index in [1.54, 1.807) is 24.4 Å². The number of imide groups is 1. The highest BCUT2D eigenvalue weighted by Crippen LogP contribution is 2.32. The van der Waals surface area contributed by atoms with Gasteiger partial charge in [-0.2, -0.15) is 9.28 Å². The minimum atomic E-state index is -1.15. The second kappa shape index (κ2) is 8.25. The smallest absolute Gasteiger partial charge is 0.435 e. The van der Waals surface area contributed by atoms with Crippen molar-refractivity contribution in [2.75, 3.05) is 6.54 Å². The van der Waals surface area contributed by atoms with Crippen LogP contribution >= 0.6 is 23.1 Å². The Hall–Kier alpha value is -1.51. The highest BCUT2D eigenvalue weighted by Gasteiger charge is 2.53. The Kier molecular flexibility index (Phi) is 6.53. The van der Waals surface area contributed by atoms with Crippen molar-refractivity contribution in [1.29, 1.82) is 0 Å². The van der Waals surface area contributed by atoms with Gasteiger partial charge in [0.15, 0.2) is 10.9 Å². The van der Waals surface area contributed by atoms with Gasteiger partial charge in [-0.1, -0.05) is 17.8 Å². The van der Waals surface area contributed by atoms with Gasteiger partial charge >= 0.3 is 12.0 Å². The van der Waals surface area contributed by atoms with Crippen LogP contribution in [0.4, 0.5) is 4.79 Å². The van der Waals surface area contributed by atoms with Crippen LogP contribution in [0.3, 0.4) is 0 Å². The molecule has 0 saturated carbocycles. The molecule has 6 nitrogen and oxygen atoms in total. The molecule has 3 atom stereocenters. The molecular weight excluding hydrogens is 362 g/mol. The van der Waals surface area contributed by atoms with Gasteiger partial charge < -0.3 is 5.11 Å². The summed E-state index contributed by atoms with van der Waals surface area (Å²) in [5.74, 6) is -0.548. The Bertz CT molecular complexity index is 673. The molecular formula is C17H22NO5S2+. The van der Waals surface area contributed by atoms with E-state index in [0.717, 1.165) is 11.8 Å². The summed E-state index contributed by atoms with van der Waals surface area (Å²) >= 11 is 2.26. The van der Waals surface area contributed by atoms with Crippen molar-refractivity contribution in [2.45, 2.75) is 50.8 Å². The Morgan fingerprint density at radius 1 is 1.36 bits per heavy atom. The van der Waals surface area contributed by atoms with E-state index >= 15 is 0 Å². The normalized spacial score (nSPS) is 24.0. The number of carbonyl (C=O) groups excluding carboxylic acids is 3. The molecule has 1 aliphatic rings. The number of hydrogen-bond acceptors (Lipinski definition) is 6. The predicted octanol–water partition coefficient (Wildman–Crippen LogP) is 3.56. The van der Waals surface area contributed by atoms with Crippen LogP contribution in [-0.2, 0) is 9.59 Å². The van der Waals surface area contributed by atoms with Crippen LogP contribution in [0.25, 0.3) is 0 Å². The van der Waals surface area contributed by atoms with E-state index in [1.165, 1.54) is 18.3 Å². The maximum Gasteiger partial charge on any atom is 0.521 e. The molecule has 136 valence electrons. The van der Waals surface area contributed by atoms with Crippen molar-refractivity contribution >= 4 is 46.0 Å². The molecule has 2 unspecified atom stereocenters. The lowest BCUT2D eigenvalue weighted by atomic mass is 10.1. The van der Waals surface area contributed by atoms with E-state index in [-0.39, 0.29) is 36.3 Å². The van der Waals surface area contributed by atoms with Gasteiger partial charge in [0.05, 0.1) is 17.8 Å². The van der Waals surface area contributed by atoms with Crippen LogP contribution in [0.2, 0.25) is 0 Å². The maximum absolute atomic E-state index is 12.8. The highest BCUT2D eigenvalue weighted by molar-refractivity contribution is 8.14. The minimum absolute atomic E-state index is 0.0461. The summed E-state index contributed by atoms with van der Waals surface area (Å²) < 4.78 is -0.595. The molecule has 2 heterocycles. The SMILES string of the molecule is CC(=O)SC(CC(=O)c1cccs1)CC(=O)[N+]1(C(=O)O)CCC[C@H]1C. The molecule has 0 radical (unpaired) electrons. The Morgan fingerprint density at radius 2 is 2.08 bits per heavy atom. The average Bonchev–Trinajstić information content (AvgIpc) is 3.15. The summed E-state index contributed by atoms with van der Waals surface area (Å²) in [7, 11) is 0. The molecule has 1 fully saturated rings. The molecule has 1 aliphatic heterocycles. The molecule has 0 aromatic carbocycles. The number of rotatable bonds is 6. The summed E-state index contributed by atoms with van der Waals surface area (Å²) in [5.41, 5.74) is 0. The Balaban J connectivity index is 2.15. The lowest BCUT2D eigenvalue weighted by Crippen LogP contribution is -2.59. The zero-order chi connectivity index (χ0) is 18.6. The van der Waals surface area contributed by atoms with Crippen molar-refractivity contribution in [3.05, 3.63) is 22.4 Å². The van der Waals surface area contributed by atoms with Crippen molar-refractivity contribution < 1.29 is 28.8 Å². The highest BCUT2D eigenvalue weighted by atomic mass is 32.2.